The van der Waals surface area contributed by atoms with Crippen LogP contribution in [0.3, 0.4) is 0 Å². The minimum atomic E-state index is -0.370. The predicted octanol–water partition coefficient (Wildman–Crippen LogP) is 1.31. The van der Waals surface area contributed by atoms with Crippen molar-refractivity contribution < 1.29 is 9.53 Å². The molecule has 0 spiro atoms. The summed E-state index contributed by atoms with van der Waals surface area (Å²) < 4.78 is 4.96. The molecular formula is C11H19NO2. The second-order valence-electron chi connectivity index (χ2n) is 4.62. The molecule has 2 aliphatic rings. The Labute approximate surface area is 85.0 Å². The zero-order valence-electron chi connectivity index (χ0n) is 8.74. The van der Waals surface area contributed by atoms with Crippen molar-refractivity contribution in [3.63, 3.8) is 0 Å². The fraction of sp³-hybridized carbons (Fsp3) is 0.909. The number of hydrogen-bond acceptors (Lipinski definition) is 3. The van der Waals surface area contributed by atoms with Gasteiger partial charge >= 0.3 is 5.97 Å². The average Bonchev–Trinajstić information content (AvgIpc) is 2.77. The van der Waals surface area contributed by atoms with Crippen LogP contribution < -0.4 is 5.73 Å². The van der Waals surface area contributed by atoms with Crippen LogP contribution >= 0.6 is 0 Å². The van der Waals surface area contributed by atoms with Crippen molar-refractivity contribution in [2.24, 2.45) is 23.5 Å². The molecule has 0 radical (unpaired) electrons. The molecule has 2 rings (SSSR count). The van der Waals surface area contributed by atoms with Gasteiger partial charge in [0, 0.05) is 0 Å². The van der Waals surface area contributed by atoms with Crippen LogP contribution in [-0.2, 0) is 9.53 Å². The SMILES string of the molecule is CCOC(=O)C(N)C1CC2CCC1C2. The first-order chi connectivity index (χ1) is 6.72. The Morgan fingerprint density at radius 1 is 1.50 bits per heavy atom. The standard InChI is InChI=1S/C11H19NO2/c1-2-14-11(13)10(12)9-6-7-3-4-8(9)5-7/h7-10H,2-6,12H2,1H3. The molecule has 2 bridgehead atoms. The molecule has 2 aliphatic carbocycles. The maximum absolute atomic E-state index is 11.5. The van der Waals surface area contributed by atoms with E-state index < -0.39 is 0 Å². The summed E-state index contributed by atoms with van der Waals surface area (Å²) in [5, 5.41) is 0. The van der Waals surface area contributed by atoms with Crippen LogP contribution in [0.4, 0.5) is 0 Å². The smallest absolute Gasteiger partial charge is 0.323 e. The summed E-state index contributed by atoms with van der Waals surface area (Å²) >= 11 is 0. The van der Waals surface area contributed by atoms with E-state index in [1.807, 2.05) is 6.92 Å². The van der Waals surface area contributed by atoms with Crippen molar-refractivity contribution >= 4 is 5.97 Å². The highest BCUT2D eigenvalue weighted by atomic mass is 16.5. The van der Waals surface area contributed by atoms with Crippen molar-refractivity contribution in [1.82, 2.24) is 0 Å². The number of hydrogen-bond donors (Lipinski definition) is 1. The lowest BCUT2D eigenvalue weighted by Gasteiger charge is -2.25. The molecule has 3 nitrogen and oxygen atoms in total. The zero-order chi connectivity index (χ0) is 10.1. The van der Waals surface area contributed by atoms with Crippen molar-refractivity contribution in [3.05, 3.63) is 0 Å². The average molecular weight is 197 g/mol. The third kappa shape index (κ3) is 1.65. The van der Waals surface area contributed by atoms with Crippen LogP contribution in [0.5, 0.6) is 0 Å². The molecular weight excluding hydrogens is 178 g/mol. The number of carbonyl (C=O) groups is 1. The third-order valence-corrected chi connectivity index (χ3v) is 3.81. The minimum absolute atomic E-state index is 0.204. The van der Waals surface area contributed by atoms with E-state index >= 15 is 0 Å². The van der Waals surface area contributed by atoms with Gasteiger partial charge in [-0.1, -0.05) is 6.42 Å². The quantitative estimate of drug-likeness (QED) is 0.694. The Bertz CT molecular complexity index is 229. The Hall–Kier alpha value is -0.570. The predicted molar refractivity (Wildman–Crippen MR) is 53.5 cm³/mol. The summed E-state index contributed by atoms with van der Waals surface area (Å²) in [6.07, 6.45) is 5.04. The Morgan fingerprint density at radius 2 is 2.29 bits per heavy atom. The fourth-order valence-corrected chi connectivity index (χ4v) is 3.15. The van der Waals surface area contributed by atoms with E-state index in [1.165, 1.54) is 19.3 Å². The molecule has 0 amide bonds. The van der Waals surface area contributed by atoms with Gasteiger partial charge in [0.05, 0.1) is 6.61 Å². The maximum Gasteiger partial charge on any atom is 0.323 e. The van der Waals surface area contributed by atoms with Gasteiger partial charge in [-0.3, -0.25) is 4.79 Å². The minimum Gasteiger partial charge on any atom is -0.465 e. The lowest BCUT2D eigenvalue weighted by atomic mass is 9.84. The van der Waals surface area contributed by atoms with E-state index in [4.69, 9.17) is 10.5 Å². The lowest BCUT2D eigenvalue weighted by Crippen LogP contribution is -2.41. The largest absolute Gasteiger partial charge is 0.465 e. The normalized spacial score (nSPS) is 37.1. The first-order valence-electron chi connectivity index (χ1n) is 5.64. The molecule has 0 aromatic heterocycles. The number of esters is 1. The molecule has 80 valence electrons. The van der Waals surface area contributed by atoms with Gasteiger partial charge in [0.1, 0.15) is 6.04 Å². The van der Waals surface area contributed by atoms with E-state index in [0.717, 1.165) is 12.3 Å². The Morgan fingerprint density at radius 3 is 2.79 bits per heavy atom. The van der Waals surface area contributed by atoms with Crippen LogP contribution in [0.1, 0.15) is 32.6 Å². The van der Waals surface area contributed by atoms with E-state index in [2.05, 4.69) is 0 Å². The zero-order valence-corrected chi connectivity index (χ0v) is 8.74. The van der Waals surface area contributed by atoms with Gasteiger partial charge in [-0.05, 0) is 43.9 Å². The van der Waals surface area contributed by atoms with Crippen molar-refractivity contribution in [1.29, 1.82) is 0 Å². The van der Waals surface area contributed by atoms with Gasteiger partial charge in [-0.2, -0.15) is 0 Å². The maximum atomic E-state index is 11.5. The molecule has 0 aromatic rings. The van der Waals surface area contributed by atoms with E-state index in [9.17, 15) is 4.79 Å². The molecule has 0 aromatic carbocycles. The number of carbonyl (C=O) groups excluding carboxylic acids is 1. The van der Waals surface area contributed by atoms with Crippen molar-refractivity contribution in [2.45, 2.75) is 38.6 Å². The summed E-state index contributed by atoms with van der Waals surface area (Å²) in [5.74, 6) is 1.72. The molecule has 14 heavy (non-hydrogen) atoms. The highest BCUT2D eigenvalue weighted by Crippen LogP contribution is 2.49. The van der Waals surface area contributed by atoms with Gasteiger partial charge in [0.25, 0.3) is 0 Å². The second-order valence-corrected chi connectivity index (χ2v) is 4.62. The highest BCUT2D eigenvalue weighted by molar-refractivity contribution is 5.76. The van der Waals surface area contributed by atoms with Crippen LogP contribution in [0.25, 0.3) is 0 Å². The van der Waals surface area contributed by atoms with Gasteiger partial charge in [-0.25, -0.2) is 0 Å². The summed E-state index contributed by atoms with van der Waals surface area (Å²) in [7, 11) is 0. The first kappa shape index (κ1) is 9.97. The first-order valence-corrected chi connectivity index (χ1v) is 5.64. The number of ether oxygens (including phenoxy) is 1. The third-order valence-electron chi connectivity index (χ3n) is 3.81. The van der Waals surface area contributed by atoms with Crippen LogP contribution in [0.2, 0.25) is 0 Å². The van der Waals surface area contributed by atoms with E-state index in [1.54, 1.807) is 0 Å². The van der Waals surface area contributed by atoms with Crippen LogP contribution in [0.15, 0.2) is 0 Å². The summed E-state index contributed by atoms with van der Waals surface area (Å²) in [6, 6.07) is -0.370. The summed E-state index contributed by atoms with van der Waals surface area (Å²) in [4.78, 5) is 11.5. The van der Waals surface area contributed by atoms with Crippen LogP contribution in [0, 0.1) is 17.8 Å². The van der Waals surface area contributed by atoms with Crippen molar-refractivity contribution in [2.75, 3.05) is 6.61 Å². The topological polar surface area (TPSA) is 52.3 Å². The Kier molecular flexibility index (Phi) is 2.77. The summed E-state index contributed by atoms with van der Waals surface area (Å²) in [6.45, 7) is 2.26. The summed E-state index contributed by atoms with van der Waals surface area (Å²) in [5.41, 5.74) is 5.92. The Balaban J connectivity index is 1.92. The molecule has 3 heteroatoms. The number of rotatable bonds is 3. The molecule has 2 fully saturated rings. The monoisotopic (exact) mass is 197 g/mol. The van der Waals surface area contributed by atoms with Crippen LogP contribution in [-0.4, -0.2) is 18.6 Å². The molecule has 2 saturated carbocycles. The molecule has 0 aliphatic heterocycles. The molecule has 0 saturated heterocycles. The van der Waals surface area contributed by atoms with E-state index in [-0.39, 0.29) is 12.0 Å². The van der Waals surface area contributed by atoms with Gasteiger partial charge in [0.2, 0.25) is 0 Å². The molecule has 4 atom stereocenters. The molecule has 2 N–H and O–H groups in total. The number of nitrogens with two attached hydrogens (primary N) is 1. The molecule has 0 heterocycles. The van der Waals surface area contributed by atoms with Crippen molar-refractivity contribution in [3.8, 4) is 0 Å². The fourth-order valence-electron chi connectivity index (χ4n) is 3.15. The molecule has 4 unspecified atom stereocenters. The second kappa shape index (κ2) is 3.89. The van der Waals surface area contributed by atoms with Gasteiger partial charge in [-0.15, -0.1) is 0 Å². The van der Waals surface area contributed by atoms with Gasteiger partial charge in [0.15, 0.2) is 0 Å². The number of fused-ring (bicyclic) bond motifs is 2. The van der Waals surface area contributed by atoms with E-state index in [0.29, 0.717) is 18.4 Å². The lowest BCUT2D eigenvalue weighted by molar-refractivity contribution is -0.146. The van der Waals surface area contributed by atoms with Gasteiger partial charge < -0.3 is 10.5 Å². The highest BCUT2D eigenvalue weighted by Gasteiger charge is 2.44.